The van der Waals surface area contributed by atoms with Gasteiger partial charge >= 0.3 is 6.03 Å². The molecular weight excluding hydrogens is 382 g/mol. The molecule has 3 rings (SSSR count). The van der Waals surface area contributed by atoms with Crippen molar-refractivity contribution in [2.24, 2.45) is 0 Å². The molecule has 156 valence electrons. The van der Waals surface area contributed by atoms with Gasteiger partial charge in [0.15, 0.2) is 0 Å². The molecule has 1 unspecified atom stereocenters. The minimum absolute atomic E-state index is 0.00628. The molecule has 0 spiro atoms. The summed E-state index contributed by atoms with van der Waals surface area (Å²) in [5, 5.41) is 5.09. The minimum atomic E-state index is -0.338. The predicted molar refractivity (Wildman–Crippen MR) is 118 cm³/mol. The fourth-order valence-electron chi connectivity index (χ4n) is 3.76. The molecule has 2 aromatic rings. The van der Waals surface area contributed by atoms with Crippen LogP contribution in [0.15, 0.2) is 41.8 Å². The zero-order chi connectivity index (χ0) is 21.0. The third-order valence-corrected chi connectivity index (χ3v) is 5.99. The van der Waals surface area contributed by atoms with E-state index in [4.69, 9.17) is 0 Å². The van der Waals surface area contributed by atoms with Gasteiger partial charge in [-0.15, -0.1) is 11.3 Å². The van der Waals surface area contributed by atoms with Crippen LogP contribution in [0.2, 0.25) is 0 Å². The number of nitrogens with one attached hydrogen (secondary N) is 1. The summed E-state index contributed by atoms with van der Waals surface area (Å²) in [5.74, 6) is -0.00628. The quantitative estimate of drug-likeness (QED) is 0.788. The van der Waals surface area contributed by atoms with Crippen LogP contribution in [-0.4, -0.2) is 46.9 Å². The van der Waals surface area contributed by atoms with Crippen molar-refractivity contribution in [2.45, 2.75) is 52.1 Å². The van der Waals surface area contributed by atoms with Crippen molar-refractivity contribution in [3.63, 3.8) is 0 Å². The molecule has 0 saturated carbocycles. The molecular formula is C23H31N3O2S. The van der Waals surface area contributed by atoms with E-state index >= 15 is 0 Å². The van der Waals surface area contributed by atoms with Gasteiger partial charge in [0.1, 0.15) is 6.54 Å². The van der Waals surface area contributed by atoms with E-state index in [-0.39, 0.29) is 30.1 Å². The van der Waals surface area contributed by atoms with Gasteiger partial charge in [-0.3, -0.25) is 4.79 Å². The van der Waals surface area contributed by atoms with Crippen molar-refractivity contribution >= 4 is 23.3 Å². The fourth-order valence-corrected chi connectivity index (χ4v) is 4.66. The van der Waals surface area contributed by atoms with Crippen molar-refractivity contribution in [1.29, 1.82) is 0 Å². The first-order valence-electron chi connectivity index (χ1n) is 10.3. The number of hydrogen-bond acceptors (Lipinski definition) is 3. The summed E-state index contributed by atoms with van der Waals surface area (Å²) in [4.78, 5) is 31.0. The molecule has 1 N–H and O–H groups in total. The van der Waals surface area contributed by atoms with Gasteiger partial charge < -0.3 is 15.1 Å². The molecule has 2 heterocycles. The summed E-state index contributed by atoms with van der Waals surface area (Å²) in [5.41, 5.74) is 1.98. The standard InChI is InChI=1S/C23H31N3O2S/c1-5-13-25(22(28)24-23(2,3)4)16-20(27)26-14-11-19-18(12-15-29-19)21(26)17-9-7-6-8-10-17/h6-10,12,15,21H,5,11,13-14,16H2,1-4H3,(H,24,28). The molecule has 0 aliphatic carbocycles. The van der Waals surface area contributed by atoms with Gasteiger partial charge in [0, 0.05) is 23.5 Å². The highest BCUT2D eigenvalue weighted by Gasteiger charge is 2.34. The monoisotopic (exact) mass is 413 g/mol. The number of benzene rings is 1. The first kappa shape index (κ1) is 21.4. The molecule has 0 fully saturated rings. The number of rotatable bonds is 5. The second-order valence-electron chi connectivity index (χ2n) is 8.55. The fraction of sp³-hybridized carbons (Fsp3) is 0.478. The third-order valence-electron chi connectivity index (χ3n) is 4.99. The molecule has 29 heavy (non-hydrogen) atoms. The molecule has 1 aliphatic rings. The van der Waals surface area contributed by atoms with Gasteiger partial charge in [0.05, 0.1) is 6.04 Å². The molecule has 1 aromatic carbocycles. The van der Waals surface area contributed by atoms with Gasteiger partial charge in [0.2, 0.25) is 5.91 Å². The summed E-state index contributed by atoms with van der Waals surface area (Å²) < 4.78 is 0. The second-order valence-corrected chi connectivity index (χ2v) is 9.55. The summed E-state index contributed by atoms with van der Waals surface area (Å²) >= 11 is 1.76. The van der Waals surface area contributed by atoms with Crippen LogP contribution in [0.1, 0.15) is 56.2 Å². The zero-order valence-electron chi connectivity index (χ0n) is 17.8. The lowest BCUT2D eigenvalue weighted by Crippen LogP contribution is -2.52. The van der Waals surface area contributed by atoms with Crippen molar-refractivity contribution in [1.82, 2.24) is 15.1 Å². The molecule has 0 saturated heterocycles. The number of carbonyl (C=O) groups excluding carboxylic acids is 2. The Balaban J connectivity index is 1.83. The van der Waals surface area contributed by atoms with Gasteiger partial charge in [-0.25, -0.2) is 4.79 Å². The predicted octanol–water partition coefficient (Wildman–Crippen LogP) is 4.44. The van der Waals surface area contributed by atoms with Crippen LogP contribution < -0.4 is 5.32 Å². The highest BCUT2D eigenvalue weighted by Crippen LogP contribution is 2.37. The third kappa shape index (κ3) is 5.18. The number of urea groups is 1. The Kier molecular flexibility index (Phi) is 6.63. The van der Waals surface area contributed by atoms with E-state index in [0.29, 0.717) is 13.1 Å². The Morgan fingerprint density at radius 2 is 1.93 bits per heavy atom. The maximum absolute atomic E-state index is 13.4. The van der Waals surface area contributed by atoms with E-state index in [1.807, 2.05) is 50.8 Å². The van der Waals surface area contributed by atoms with E-state index in [2.05, 4.69) is 28.9 Å². The molecule has 1 atom stereocenters. The summed E-state index contributed by atoms with van der Waals surface area (Å²) in [6.07, 6.45) is 1.67. The Morgan fingerprint density at radius 1 is 1.21 bits per heavy atom. The van der Waals surface area contributed by atoms with Gasteiger partial charge in [-0.1, -0.05) is 37.3 Å². The Labute approximate surface area is 177 Å². The van der Waals surface area contributed by atoms with Gasteiger partial charge in [-0.2, -0.15) is 0 Å². The highest BCUT2D eigenvalue weighted by atomic mass is 32.1. The van der Waals surface area contributed by atoms with Crippen molar-refractivity contribution in [3.8, 4) is 0 Å². The summed E-state index contributed by atoms with van der Waals surface area (Å²) in [6, 6.07) is 12.0. The molecule has 3 amide bonds. The first-order chi connectivity index (χ1) is 13.8. The normalized spacial score (nSPS) is 16.3. The Morgan fingerprint density at radius 3 is 2.59 bits per heavy atom. The smallest absolute Gasteiger partial charge is 0.318 e. The number of carbonyl (C=O) groups is 2. The van der Waals surface area contributed by atoms with E-state index in [9.17, 15) is 9.59 Å². The number of nitrogens with zero attached hydrogens (tertiary/aromatic N) is 2. The summed E-state index contributed by atoms with van der Waals surface area (Å²) in [6.45, 7) is 9.20. The van der Waals surface area contributed by atoms with E-state index < -0.39 is 0 Å². The lowest BCUT2D eigenvalue weighted by molar-refractivity contribution is -0.133. The van der Waals surface area contributed by atoms with E-state index in [1.54, 1.807) is 16.2 Å². The Bertz CT molecular complexity index is 841. The van der Waals surface area contributed by atoms with Crippen LogP contribution in [0, 0.1) is 0 Å². The molecule has 6 heteroatoms. The van der Waals surface area contributed by atoms with Crippen LogP contribution in [-0.2, 0) is 11.2 Å². The van der Waals surface area contributed by atoms with Crippen molar-refractivity contribution < 1.29 is 9.59 Å². The van der Waals surface area contributed by atoms with Gasteiger partial charge in [0.25, 0.3) is 0 Å². The van der Waals surface area contributed by atoms with Crippen LogP contribution in [0.3, 0.4) is 0 Å². The SMILES string of the molecule is CCCN(CC(=O)N1CCc2sccc2C1c1ccccc1)C(=O)NC(C)(C)C. The van der Waals surface area contributed by atoms with Crippen LogP contribution in [0.5, 0.6) is 0 Å². The number of amides is 3. The number of fused-ring (bicyclic) bond motifs is 1. The van der Waals surface area contributed by atoms with Crippen molar-refractivity contribution in [2.75, 3.05) is 19.6 Å². The second kappa shape index (κ2) is 8.99. The molecule has 0 bridgehead atoms. The lowest BCUT2D eigenvalue weighted by atomic mass is 9.93. The van der Waals surface area contributed by atoms with Crippen LogP contribution in [0.4, 0.5) is 4.79 Å². The average molecular weight is 414 g/mol. The first-order valence-corrected chi connectivity index (χ1v) is 11.2. The molecule has 1 aromatic heterocycles. The number of thiophene rings is 1. The maximum Gasteiger partial charge on any atom is 0.318 e. The molecule has 1 aliphatic heterocycles. The van der Waals surface area contributed by atoms with Crippen LogP contribution in [0.25, 0.3) is 0 Å². The van der Waals surface area contributed by atoms with E-state index in [0.717, 1.165) is 18.4 Å². The highest BCUT2D eigenvalue weighted by molar-refractivity contribution is 7.10. The van der Waals surface area contributed by atoms with Crippen molar-refractivity contribution in [3.05, 3.63) is 57.8 Å². The lowest BCUT2D eigenvalue weighted by Gasteiger charge is -2.38. The summed E-state index contributed by atoms with van der Waals surface area (Å²) in [7, 11) is 0. The topological polar surface area (TPSA) is 52.7 Å². The van der Waals surface area contributed by atoms with Crippen LogP contribution >= 0.6 is 11.3 Å². The minimum Gasteiger partial charge on any atom is -0.333 e. The largest absolute Gasteiger partial charge is 0.333 e. The molecule has 0 radical (unpaired) electrons. The maximum atomic E-state index is 13.4. The van der Waals surface area contributed by atoms with Gasteiger partial charge in [-0.05, 0) is 56.2 Å². The average Bonchev–Trinajstić information content (AvgIpc) is 3.15. The Hall–Kier alpha value is -2.34. The van der Waals surface area contributed by atoms with E-state index in [1.165, 1.54) is 10.4 Å². The molecule has 5 nitrogen and oxygen atoms in total. The number of hydrogen-bond donors (Lipinski definition) is 1. The zero-order valence-corrected chi connectivity index (χ0v) is 18.6.